The Morgan fingerprint density at radius 2 is 2.15 bits per heavy atom. The number of rotatable bonds is 4. The van der Waals surface area contributed by atoms with Crippen LogP contribution in [0.4, 0.5) is 0 Å². The average molecular weight is 373 g/mol. The van der Waals surface area contributed by atoms with Crippen LogP contribution in [0.3, 0.4) is 0 Å². The van der Waals surface area contributed by atoms with Crippen molar-refractivity contribution >= 4 is 17.2 Å². The Hall–Kier alpha value is -1.76. The van der Waals surface area contributed by atoms with Crippen LogP contribution in [0.5, 0.6) is 0 Å². The van der Waals surface area contributed by atoms with E-state index < -0.39 is 0 Å². The minimum Gasteiger partial charge on any atom is -0.368 e. The van der Waals surface area contributed by atoms with Gasteiger partial charge in [-0.3, -0.25) is 4.79 Å². The Labute approximate surface area is 158 Å². The molecule has 0 saturated carbocycles. The zero-order valence-electron chi connectivity index (χ0n) is 15.2. The van der Waals surface area contributed by atoms with Gasteiger partial charge < -0.3 is 14.5 Å². The van der Waals surface area contributed by atoms with E-state index in [9.17, 15) is 4.79 Å². The molecule has 2 aromatic rings. The normalized spacial score (nSPS) is 21.3. The second-order valence-corrected chi connectivity index (χ2v) is 8.07. The van der Waals surface area contributed by atoms with Gasteiger partial charge in [0.25, 0.3) is 5.91 Å². The SMILES string of the molecule is Cc1ccccc1-c1nc(C[NH+]2CCN(C(=O)[C@@H]3CCCO3)CC2)cs1. The molecule has 1 aromatic carbocycles. The Bertz CT molecular complexity index is 762. The monoisotopic (exact) mass is 372 g/mol. The summed E-state index contributed by atoms with van der Waals surface area (Å²) in [6, 6.07) is 8.40. The summed E-state index contributed by atoms with van der Waals surface area (Å²) in [6.45, 7) is 7.40. The molecule has 3 heterocycles. The topological polar surface area (TPSA) is 46.9 Å². The minimum atomic E-state index is -0.188. The van der Waals surface area contributed by atoms with Gasteiger partial charge in [0.2, 0.25) is 0 Å². The lowest BCUT2D eigenvalue weighted by atomic mass is 10.1. The van der Waals surface area contributed by atoms with E-state index in [1.807, 2.05) is 4.90 Å². The van der Waals surface area contributed by atoms with Gasteiger partial charge in [0.05, 0.1) is 26.2 Å². The molecule has 2 aliphatic rings. The van der Waals surface area contributed by atoms with Crippen LogP contribution in [0.1, 0.15) is 24.1 Å². The summed E-state index contributed by atoms with van der Waals surface area (Å²) in [5.74, 6) is 0.192. The highest BCUT2D eigenvalue weighted by molar-refractivity contribution is 7.13. The lowest BCUT2D eigenvalue weighted by Gasteiger charge is -2.33. The van der Waals surface area contributed by atoms with Crippen LogP contribution >= 0.6 is 11.3 Å². The van der Waals surface area contributed by atoms with Crippen molar-refractivity contribution in [3.05, 3.63) is 40.9 Å². The highest BCUT2D eigenvalue weighted by Crippen LogP contribution is 2.26. The molecule has 1 amide bonds. The summed E-state index contributed by atoms with van der Waals surface area (Å²) < 4.78 is 5.54. The maximum atomic E-state index is 12.4. The summed E-state index contributed by atoms with van der Waals surface area (Å²) in [7, 11) is 0. The maximum Gasteiger partial charge on any atom is 0.252 e. The number of carbonyl (C=O) groups is 1. The maximum absolute atomic E-state index is 12.4. The number of carbonyl (C=O) groups excluding carboxylic acids is 1. The number of piperazine rings is 1. The van der Waals surface area contributed by atoms with Gasteiger partial charge in [-0.2, -0.15) is 0 Å². The van der Waals surface area contributed by atoms with Crippen molar-refractivity contribution in [3.63, 3.8) is 0 Å². The molecule has 4 rings (SSSR count). The minimum absolute atomic E-state index is 0.188. The molecule has 0 radical (unpaired) electrons. The van der Waals surface area contributed by atoms with Crippen molar-refractivity contribution in [2.45, 2.75) is 32.4 Å². The van der Waals surface area contributed by atoms with Gasteiger partial charge in [-0.05, 0) is 25.3 Å². The smallest absolute Gasteiger partial charge is 0.252 e. The van der Waals surface area contributed by atoms with Crippen LogP contribution in [-0.4, -0.2) is 54.7 Å². The molecule has 0 unspecified atom stereocenters. The third-order valence-electron chi connectivity index (χ3n) is 5.35. The Kier molecular flexibility index (Phi) is 5.33. The van der Waals surface area contributed by atoms with E-state index >= 15 is 0 Å². The molecule has 1 N–H and O–H groups in total. The van der Waals surface area contributed by atoms with Crippen LogP contribution in [0.25, 0.3) is 10.6 Å². The second-order valence-electron chi connectivity index (χ2n) is 7.21. The molecule has 1 atom stereocenters. The number of hydrogen-bond donors (Lipinski definition) is 1. The average Bonchev–Trinajstić information content (AvgIpc) is 3.34. The van der Waals surface area contributed by atoms with Crippen LogP contribution in [0, 0.1) is 6.92 Å². The Morgan fingerprint density at radius 3 is 2.88 bits per heavy atom. The molecule has 1 aromatic heterocycles. The predicted molar refractivity (Wildman–Crippen MR) is 102 cm³/mol. The molecule has 2 aliphatic heterocycles. The number of nitrogens with zero attached hydrogens (tertiary/aromatic N) is 2. The van der Waals surface area contributed by atoms with E-state index in [2.05, 4.69) is 36.6 Å². The molecule has 0 spiro atoms. The largest absolute Gasteiger partial charge is 0.368 e. The number of hydrogen-bond acceptors (Lipinski definition) is 4. The quantitative estimate of drug-likeness (QED) is 0.885. The molecule has 0 aliphatic carbocycles. The number of nitrogens with one attached hydrogen (secondary N) is 1. The number of amides is 1. The third kappa shape index (κ3) is 3.82. The van der Waals surface area contributed by atoms with E-state index in [0.29, 0.717) is 0 Å². The van der Waals surface area contributed by atoms with Crippen LogP contribution in [0.2, 0.25) is 0 Å². The molecule has 2 fully saturated rings. The number of aryl methyl sites for hydroxylation is 1. The fraction of sp³-hybridized carbons (Fsp3) is 0.500. The van der Waals surface area contributed by atoms with E-state index in [0.717, 1.165) is 62.9 Å². The highest BCUT2D eigenvalue weighted by Gasteiger charge is 2.31. The lowest BCUT2D eigenvalue weighted by Crippen LogP contribution is -3.13. The van der Waals surface area contributed by atoms with Crippen molar-refractivity contribution in [1.82, 2.24) is 9.88 Å². The zero-order valence-corrected chi connectivity index (χ0v) is 16.1. The first-order valence-corrected chi connectivity index (χ1v) is 10.3. The fourth-order valence-corrected chi connectivity index (χ4v) is 4.69. The van der Waals surface area contributed by atoms with Crippen molar-refractivity contribution in [1.29, 1.82) is 0 Å². The van der Waals surface area contributed by atoms with Gasteiger partial charge in [0, 0.05) is 17.6 Å². The van der Waals surface area contributed by atoms with Crippen molar-refractivity contribution < 1.29 is 14.4 Å². The third-order valence-corrected chi connectivity index (χ3v) is 6.27. The van der Waals surface area contributed by atoms with Gasteiger partial charge in [-0.15, -0.1) is 11.3 Å². The van der Waals surface area contributed by atoms with Crippen molar-refractivity contribution in [3.8, 4) is 10.6 Å². The first-order chi connectivity index (χ1) is 12.7. The molecule has 26 heavy (non-hydrogen) atoms. The molecular weight excluding hydrogens is 346 g/mol. The lowest BCUT2D eigenvalue weighted by molar-refractivity contribution is -0.917. The Balaban J connectivity index is 1.32. The van der Waals surface area contributed by atoms with Crippen LogP contribution in [-0.2, 0) is 16.1 Å². The molecule has 6 heteroatoms. The van der Waals surface area contributed by atoms with E-state index in [4.69, 9.17) is 9.72 Å². The standard InChI is InChI=1S/C20H25N3O2S/c1-15-5-2-3-6-17(15)19-21-16(14-26-19)13-22-8-10-23(11-9-22)20(24)18-7-4-12-25-18/h2-3,5-6,14,18H,4,7-13H2,1H3/p+1/t18-/m0/s1. The van der Waals surface area contributed by atoms with E-state index in [-0.39, 0.29) is 12.0 Å². The number of benzene rings is 1. The van der Waals surface area contributed by atoms with Crippen LogP contribution in [0.15, 0.2) is 29.6 Å². The van der Waals surface area contributed by atoms with Gasteiger partial charge in [0.15, 0.2) is 0 Å². The highest BCUT2D eigenvalue weighted by atomic mass is 32.1. The summed E-state index contributed by atoms with van der Waals surface area (Å²) in [5.41, 5.74) is 3.65. The Morgan fingerprint density at radius 1 is 1.35 bits per heavy atom. The zero-order chi connectivity index (χ0) is 17.9. The number of thiazole rings is 1. The van der Waals surface area contributed by atoms with Gasteiger partial charge >= 0.3 is 0 Å². The summed E-state index contributed by atoms with van der Waals surface area (Å²) in [4.78, 5) is 20.8. The molecular formula is C20H26N3O2S+. The van der Waals surface area contributed by atoms with Crippen molar-refractivity contribution in [2.24, 2.45) is 0 Å². The van der Waals surface area contributed by atoms with Gasteiger partial charge in [0.1, 0.15) is 23.4 Å². The van der Waals surface area contributed by atoms with Crippen molar-refractivity contribution in [2.75, 3.05) is 32.8 Å². The summed E-state index contributed by atoms with van der Waals surface area (Å²) in [6.07, 6.45) is 1.70. The first kappa shape index (κ1) is 17.6. The summed E-state index contributed by atoms with van der Waals surface area (Å²) in [5, 5.41) is 3.28. The second kappa shape index (κ2) is 7.86. The van der Waals surface area contributed by atoms with E-state index in [1.165, 1.54) is 16.0 Å². The predicted octanol–water partition coefficient (Wildman–Crippen LogP) is 1.52. The van der Waals surface area contributed by atoms with Crippen LogP contribution < -0.4 is 4.90 Å². The number of quaternary nitrogens is 1. The first-order valence-electron chi connectivity index (χ1n) is 9.45. The molecule has 5 nitrogen and oxygen atoms in total. The number of aromatic nitrogens is 1. The summed E-state index contributed by atoms with van der Waals surface area (Å²) >= 11 is 1.72. The van der Waals surface area contributed by atoms with Gasteiger partial charge in [-0.1, -0.05) is 24.3 Å². The fourth-order valence-electron chi connectivity index (χ4n) is 3.78. The molecule has 138 valence electrons. The number of ether oxygens (including phenoxy) is 1. The van der Waals surface area contributed by atoms with E-state index in [1.54, 1.807) is 11.3 Å². The molecule has 0 bridgehead atoms. The molecule has 2 saturated heterocycles. The van der Waals surface area contributed by atoms with Gasteiger partial charge in [-0.25, -0.2) is 4.98 Å².